The van der Waals surface area contributed by atoms with Crippen molar-refractivity contribution in [2.75, 3.05) is 0 Å². The Labute approximate surface area is 173 Å². The number of esters is 1. The minimum Gasteiger partial charge on any atom is -0.453 e. The van der Waals surface area contributed by atoms with E-state index in [-0.39, 0.29) is 11.5 Å². The number of aromatic amines is 1. The Bertz CT molecular complexity index is 962. The van der Waals surface area contributed by atoms with Crippen LogP contribution in [0.1, 0.15) is 63.2 Å². The van der Waals surface area contributed by atoms with Gasteiger partial charge in [0.05, 0.1) is 5.69 Å². The molecule has 0 spiro atoms. The van der Waals surface area contributed by atoms with Crippen LogP contribution in [0.2, 0.25) is 5.02 Å². The van der Waals surface area contributed by atoms with Gasteiger partial charge in [-0.25, -0.2) is 4.79 Å². The molecule has 2 rings (SSSR count). The van der Waals surface area contributed by atoms with E-state index in [2.05, 4.69) is 10.3 Å². The second-order valence-electron chi connectivity index (χ2n) is 6.83. The SMILES string of the molecule is CC(=O)c1c(C)[nH]c(C(=O)[C@H](C)OC(=O)[C@H](C)NC(=O)c2ccc(Cl)cc2)c1C. The summed E-state index contributed by atoms with van der Waals surface area (Å²) in [5.41, 5.74) is 2.13. The summed E-state index contributed by atoms with van der Waals surface area (Å²) >= 11 is 5.79. The van der Waals surface area contributed by atoms with Gasteiger partial charge in [-0.3, -0.25) is 14.4 Å². The van der Waals surface area contributed by atoms with E-state index in [0.717, 1.165) is 0 Å². The summed E-state index contributed by atoms with van der Waals surface area (Å²) < 4.78 is 5.22. The number of benzene rings is 1. The third-order valence-electron chi connectivity index (χ3n) is 4.51. The molecule has 1 aromatic carbocycles. The molecular weight excluding hydrogens is 396 g/mol. The predicted molar refractivity (Wildman–Crippen MR) is 109 cm³/mol. The summed E-state index contributed by atoms with van der Waals surface area (Å²) in [5.74, 6) is -1.82. The molecule has 8 heteroatoms. The molecule has 7 nitrogen and oxygen atoms in total. The van der Waals surface area contributed by atoms with Crippen molar-refractivity contribution in [2.45, 2.75) is 46.8 Å². The van der Waals surface area contributed by atoms with Gasteiger partial charge < -0.3 is 15.0 Å². The van der Waals surface area contributed by atoms with E-state index in [1.54, 1.807) is 26.0 Å². The molecule has 2 aromatic rings. The van der Waals surface area contributed by atoms with Gasteiger partial charge >= 0.3 is 5.97 Å². The number of H-pyrrole nitrogens is 1. The van der Waals surface area contributed by atoms with Crippen LogP contribution in [0.4, 0.5) is 0 Å². The van der Waals surface area contributed by atoms with Crippen LogP contribution < -0.4 is 5.32 Å². The fourth-order valence-corrected chi connectivity index (χ4v) is 3.12. The maximum absolute atomic E-state index is 12.7. The third kappa shape index (κ3) is 5.12. The van der Waals surface area contributed by atoms with E-state index < -0.39 is 29.8 Å². The summed E-state index contributed by atoms with van der Waals surface area (Å²) in [6.07, 6.45) is -1.09. The highest BCUT2D eigenvalue weighted by molar-refractivity contribution is 6.30. The summed E-state index contributed by atoms with van der Waals surface area (Å²) in [5, 5.41) is 3.01. The van der Waals surface area contributed by atoms with E-state index >= 15 is 0 Å². The van der Waals surface area contributed by atoms with Crippen molar-refractivity contribution in [3.8, 4) is 0 Å². The van der Waals surface area contributed by atoms with Crippen molar-refractivity contribution in [1.29, 1.82) is 0 Å². The minimum absolute atomic E-state index is 0.154. The van der Waals surface area contributed by atoms with Gasteiger partial charge in [0.1, 0.15) is 6.04 Å². The van der Waals surface area contributed by atoms with Crippen molar-refractivity contribution in [3.63, 3.8) is 0 Å². The molecule has 29 heavy (non-hydrogen) atoms. The highest BCUT2D eigenvalue weighted by Crippen LogP contribution is 2.20. The van der Waals surface area contributed by atoms with E-state index in [9.17, 15) is 19.2 Å². The quantitative estimate of drug-likeness (QED) is 0.529. The Balaban J connectivity index is 2.03. The van der Waals surface area contributed by atoms with Crippen molar-refractivity contribution in [3.05, 3.63) is 57.4 Å². The zero-order valence-electron chi connectivity index (χ0n) is 16.9. The summed E-state index contributed by atoms with van der Waals surface area (Å²) in [7, 11) is 0. The molecule has 0 saturated carbocycles. The Morgan fingerprint density at radius 3 is 2.17 bits per heavy atom. The second kappa shape index (κ2) is 9.05. The fraction of sp³-hybridized carbons (Fsp3) is 0.333. The second-order valence-corrected chi connectivity index (χ2v) is 7.26. The molecule has 0 aliphatic heterocycles. The number of aromatic nitrogens is 1. The van der Waals surface area contributed by atoms with Crippen LogP contribution in [0.15, 0.2) is 24.3 Å². The first-order valence-electron chi connectivity index (χ1n) is 9.04. The Morgan fingerprint density at radius 1 is 1.07 bits per heavy atom. The van der Waals surface area contributed by atoms with Crippen LogP contribution in [-0.2, 0) is 9.53 Å². The first-order chi connectivity index (χ1) is 13.5. The van der Waals surface area contributed by atoms with Gasteiger partial charge in [-0.2, -0.15) is 0 Å². The average molecular weight is 419 g/mol. The van der Waals surface area contributed by atoms with Gasteiger partial charge in [-0.05, 0) is 64.4 Å². The molecular formula is C21H23ClN2O5. The van der Waals surface area contributed by atoms with Gasteiger partial charge in [-0.15, -0.1) is 0 Å². The van der Waals surface area contributed by atoms with E-state index in [1.165, 1.54) is 32.9 Å². The molecule has 0 aliphatic rings. The number of Topliss-reactive ketones (excluding diaryl/α,β-unsaturated/α-hetero) is 2. The van der Waals surface area contributed by atoms with E-state index in [1.807, 2.05) is 0 Å². The number of halogens is 1. The predicted octanol–water partition coefficient (Wildman–Crippen LogP) is 3.42. The maximum Gasteiger partial charge on any atom is 0.329 e. The first kappa shape index (κ1) is 22.4. The summed E-state index contributed by atoms with van der Waals surface area (Å²) in [6.45, 7) is 7.69. The Hall–Kier alpha value is -2.93. The first-order valence-corrected chi connectivity index (χ1v) is 9.42. The fourth-order valence-electron chi connectivity index (χ4n) is 3.00. The number of nitrogens with one attached hydrogen (secondary N) is 2. The molecule has 0 unspecified atom stereocenters. The highest BCUT2D eigenvalue weighted by Gasteiger charge is 2.28. The number of aryl methyl sites for hydroxylation is 1. The van der Waals surface area contributed by atoms with Crippen molar-refractivity contribution >= 4 is 35.0 Å². The van der Waals surface area contributed by atoms with Crippen LogP contribution in [0.25, 0.3) is 0 Å². The molecule has 1 amide bonds. The largest absolute Gasteiger partial charge is 0.453 e. The monoisotopic (exact) mass is 418 g/mol. The molecule has 0 aliphatic carbocycles. The van der Waals surface area contributed by atoms with Gasteiger partial charge in [0.25, 0.3) is 5.91 Å². The Morgan fingerprint density at radius 2 is 1.66 bits per heavy atom. The number of hydrogen-bond donors (Lipinski definition) is 2. The smallest absolute Gasteiger partial charge is 0.329 e. The van der Waals surface area contributed by atoms with Gasteiger partial charge in [0.2, 0.25) is 5.78 Å². The van der Waals surface area contributed by atoms with Crippen molar-refractivity contribution < 1.29 is 23.9 Å². The number of carbonyl (C=O) groups excluding carboxylic acids is 4. The molecule has 0 bridgehead atoms. The summed E-state index contributed by atoms with van der Waals surface area (Å²) in [4.78, 5) is 51.8. The van der Waals surface area contributed by atoms with Gasteiger partial charge in [0.15, 0.2) is 11.9 Å². The summed E-state index contributed by atoms with van der Waals surface area (Å²) in [6, 6.07) is 5.23. The molecule has 0 saturated heterocycles. The molecule has 1 aromatic heterocycles. The number of amides is 1. The molecule has 2 N–H and O–H groups in total. The zero-order valence-corrected chi connectivity index (χ0v) is 17.6. The zero-order chi connectivity index (χ0) is 21.9. The number of hydrogen-bond acceptors (Lipinski definition) is 5. The molecule has 0 fully saturated rings. The lowest BCUT2D eigenvalue weighted by Crippen LogP contribution is -2.41. The van der Waals surface area contributed by atoms with Crippen molar-refractivity contribution in [1.82, 2.24) is 10.3 Å². The standard InChI is InChI=1S/C21H23ClN2O5/c1-10-17(13(4)25)11(2)23-18(10)19(26)14(5)29-21(28)12(3)24-20(27)15-6-8-16(22)9-7-15/h6-9,12,14,23H,1-5H3,(H,24,27)/t12-,14-/m0/s1. The average Bonchev–Trinajstić information content (AvgIpc) is 2.95. The van der Waals surface area contributed by atoms with Crippen LogP contribution in [0.5, 0.6) is 0 Å². The maximum atomic E-state index is 12.7. The molecule has 0 radical (unpaired) electrons. The molecule has 2 atom stereocenters. The minimum atomic E-state index is -1.09. The normalized spacial score (nSPS) is 12.8. The number of ether oxygens (including phenoxy) is 1. The van der Waals surface area contributed by atoms with Gasteiger partial charge in [-0.1, -0.05) is 11.6 Å². The lowest BCUT2D eigenvalue weighted by atomic mass is 10.0. The topological polar surface area (TPSA) is 105 Å². The van der Waals surface area contributed by atoms with Crippen LogP contribution in [0.3, 0.4) is 0 Å². The number of ketones is 2. The lowest BCUT2D eigenvalue weighted by Gasteiger charge is -2.17. The van der Waals surface area contributed by atoms with Crippen molar-refractivity contribution in [2.24, 2.45) is 0 Å². The third-order valence-corrected chi connectivity index (χ3v) is 4.76. The molecule has 154 valence electrons. The molecule has 1 heterocycles. The lowest BCUT2D eigenvalue weighted by molar-refractivity contribution is -0.148. The number of carbonyl (C=O) groups is 4. The Kier molecular flexibility index (Phi) is 6.97. The highest BCUT2D eigenvalue weighted by atomic mass is 35.5. The van der Waals surface area contributed by atoms with E-state index in [0.29, 0.717) is 27.4 Å². The van der Waals surface area contributed by atoms with E-state index in [4.69, 9.17) is 16.3 Å². The van der Waals surface area contributed by atoms with Crippen LogP contribution in [0, 0.1) is 13.8 Å². The van der Waals surface area contributed by atoms with Gasteiger partial charge in [0, 0.05) is 21.8 Å². The van der Waals surface area contributed by atoms with Crippen LogP contribution >= 0.6 is 11.6 Å². The number of rotatable bonds is 7. The van der Waals surface area contributed by atoms with Crippen LogP contribution in [-0.4, -0.2) is 40.6 Å².